The number of hydrogen-bond acceptors (Lipinski definition) is 2. The first-order valence-corrected chi connectivity index (χ1v) is 5.00. The molecule has 0 saturated carbocycles. The molecule has 0 bridgehead atoms. The predicted molar refractivity (Wildman–Crippen MR) is 52.8 cm³/mol. The van der Waals surface area contributed by atoms with Crippen LogP contribution >= 0.6 is 22.6 Å². The summed E-state index contributed by atoms with van der Waals surface area (Å²) in [5.74, 6) is 0. The molecule has 0 aromatic carbocycles. The van der Waals surface area contributed by atoms with Gasteiger partial charge in [0.05, 0.1) is 17.7 Å². The maximum Gasteiger partial charge on any atom is 0.417 e. The molecule has 90 valence electrons. The van der Waals surface area contributed by atoms with Gasteiger partial charge in [-0.05, 0) is 22.6 Å². The van der Waals surface area contributed by atoms with Crippen molar-refractivity contribution >= 4 is 22.6 Å². The van der Waals surface area contributed by atoms with Gasteiger partial charge in [0.2, 0.25) is 0 Å². The molecule has 0 amide bonds. The maximum atomic E-state index is 12.6. The Morgan fingerprint density at radius 3 is 2.31 bits per heavy atom. The fraction of sp³-hybridized carbons (Fsp3) is 0.375. The van der Waals surface area contributed by atoms with Crippen molar-refractivity contribution in [3.63, 3.8) is 0 Å². The van der Waals surface area contributed by atoms with Gasteiger partial charge in [-0.3, -0.25) is 0 Å². The molecule has 0 aliphatic rings. The average molecular weight is 353 g/mol. The number of rotatable bonds is 2. The molecule has 0 unspecified atom stereocenters. The summed E-state index contributed by atoms with van der Waals surface area (Å²) in [4.78, 5) is 3.39. The van der Waals surface area contributed by atoms with Crippen molar-refractivity contribution in [2.45, 2.75) is 19.2 Å². The second kappa shape index (κ2) is 4.78. The van der Waals surface area contributed by atoms with E-state index in [0.717, 1.165) is 6.20 Å². The Kier molecular flexibility index (Phi) is 4.05. The Hall–Kier alpha value is -0.510. The Morgan fingerprint density at radius 1 is 1.38 bits per heavy atom. The van der Waals surface area contributed by atoms with Crippen molar-refractivity contribution in [1.29, 1.82) is 0 Å². The molecule has 1 aromatic rings. The summed E-state index contributed by atoms with van der Waals surface area (Å²) in [6.45, 7) is -0.988. The summed E-state index contributed by atoms with van der Waals surface area (Å²) in [5, 5.41) is 8.69. The fourth-order valence-corrected chi connectivity index (χ4v) is 1.84. The summed E-state index contributed by atoms with van der Waals surface area (Å²) in [6.07, 6.45) is -7.48. The van der Waals surface area contributed by atoms with Crippen LogP contribution in [0.1, 0.15) is 23.1 Å². The number of nitrogens with zero attached hydrogens (tertiary/aromatic N) is 1. The van der Waals surface area contributed by atoms with E-state index in [-0.39, 0.29) is 0 Å². The molecule has 2 nitrogen and oxygen atoms in total. The molecule has 16 heavy (non-hydrogen) atoms. The molecule has 8 heteroatoms. The molecule has 0 aliphatic heterocycles. The van der Waals surface area contributed by atoms with Gasteiger partial charge in [-0.1, -0.05) is 0 Å². The van der Waals surface area contributed by atoms with Crippen LogP contribution in [0.4, 0.5) is 22.0 Å². The van der Waals surface area contributed by atoms with Crippen LogP contribution in [0.3, 0.4) is 0 Å². The van der Waals surface area contributed by atoms with E-state index in [2.05, 4.69) is 4.98 Å². The minimum atomic E-state index is -4.94. The lowest BCUT2D eigenvalue weighted by atomic mass is 10.0. The normalized spacial score (nSPS) is 12.2. The predicted octanol–water partition coefficient (Wildman–Crippen LogP) is 3.13. The number of aliphatic hydroxyl groups excluding tert-OH is 1. The van der Waals surface area contributed by atoms with Gasteiger partial charge in [0.1, 0.15) is 3.70 Å². The van der Waals surface area contributed by atoms with Crippen LogP contribution in [0.25, 0.3) is 0 Å². The van der Waals surface area contributed by atoms with Gasteiger partial charge in [-0.15, -0.1) is 0 Å². The van der Waals surface area contributed by atoms with Crippen LogP contribution in [0.2, 0.25) is 0 Å². The Balaban J connectivity index is 3.56. The van der Waals surface area contributed by atoms with E-state index in [9.17, 15) is 22.0 Å². The minimum absolute atomic E-state index is 0.419. The largest absolute Gasteiger partial charge is 0.417 e. The quantitative estimate of drug-likeness (QED) is 0.504. The Morgan fingerprint density at radius 2 is 1.94 bits per heavy atom. The molecule has 0 aliphatic carbocycles. The highest BCUT2D eigenvalue weighted by Gasteiger charge is 2.39. The van der Waals surface area contributed by atoms with E-state index in [1.807, 2.05) is 0 Å². The fourth-order valence-electron chi connectivity index (χ4n) is 1.20. The molecule has 1 aromatic heterocycles. The van der Waals surface area contributed by atoms with Crippen LogP contribution in [-0.4, -0.2) is 10.1 Å². The van der Waals surface area contributed by atoms with Crippen molar-refractivity contribution in [2.24, 2.45) is 0 Å². The number of aliphatic hydroxyl groups is 1. The molecule has 0 spiro atoms. The highest BCUT2D eigenvalue weighted by atomic mass is 127. The van der Waals surface area contributed by atoms with E-state index in [1.165, 1.54) is 22.6 Å². The van der Waals surface area contributed by atoms with Crippen molar-refractivity contribution in [2.75, 3.05) is 0 Å². The standard InChI is InChI=1S/C8H5F5INO/c9-6(10)4-5(8(11,12)13)3(2-16)1-15-7(4)14/h1,6,16H,2H2. The van der Waals surface area contributed by atoms with E-state index >= 15 is 0 Å². The highest BCUT2D eigenvalue weighted by Crippen LogP contribution is 2.39. The molecule has 0 atom stereocenters. The first-order valence-electron chi connectivity index (χ1n) is 3.92. The lowest BCUT2D eigenvalue weighted by Gasteiger charge is -2.16. The molecular weight excluding hydrogens is 348 g/mol. The smallest absolute Gasteiger partial charge is 0.392 e. The van der Waals surface area contributed by atoms with Crippen molar-refractivity contribution in [3.8, 4) is 0 Å². The summed E-state index contributed by atoms with van der Waals surface area (Å²) in [6, 6.07) is 0. The van der Waals surface area contributed by atoms with Crippen LogP contribution < -0.4 is 0 Å². The molecule has 0 fully saturated rings. The number of aromatic nitrogens is 1. The maximum absolute atomic E-state index is 12.6. The zero-order valence-electron chi connectivity index (χ0n) is 7.52. The third-order valence-electron chi connectivity index (χ3n) is 1.82. The van der Waals surface area contributed by atoms with Gasteiger partial charge in [0, 0.05) is 11.8 Å². The number of hydrogen-bond donors (Lipinski definition) is 1. The van der Waals surface area contributed by atoms with Gasteiger partial charge in [-0.2, -0.15) is 13.2 Å². The van der Waals surface area contributed by atoms with Gasteiger partial charge < -0.3 is 5.11 Å². The molecular formula is C8H5F5INO. The first-order chi connectivity index (χ1) is 7.29. The van der Waals surface area contributed by atoms with Gasteiger partial charge >= 0.3 is 6.18 Å². The van der Waals surface area contributed by atoms with E-state index in [4.69, 9.17) is 5.11 Å². The lowest BCUT2D eigenvalue weighted by Crippen LogP contribution is -2.16. The van der Waals surface area contributed by atoms with Crippen molar-refractivity contribution in [3.05, 3.63) is 26.6 Å². The van der Waals surface area contributed by atoms with E-state index < -0.39 is 39.6 Å². The summed E-state index contributed by atoms with van der Waals surface area (Å²) in [7, 11) is 0. The highest BCUT2D eigenvalue weighted by molar-refractivity contribution is 14.1. The number of pyridine rings is 1. The SMILES string of the molecule is OCc1cnc(I)c(C(F)F)c1C(F)(F)F. The zero-order valence-corrected chi connectivity index (χ0v) is 9.68. The van der Waals surface area contributed by atoms with Crippen molar-refractivity contribution < 1.29 is 27.1 Å². The zero-order chi connectivity index (χ0) is 12.5. The molecule has 1 N–H and O–H groups in total. The molecule has 1 heterocycles. The Bertz CT molecular complexity index is 393. The van der Waals surface area contributed by atoms with Gasteiger partial charge in [0.15, 0.2) is 0 Å². The minimum Gasteiger partial charge on any atom is -0.392 e. The van der Waals surface area contributed by atoms with Crippen LogP contribution in [0, 0.1) is 3.70 Å². The number of alkyl halides is 5. The van der Waals surface area contributed by atoms with Crippen LogP contribution in [-0.2, 0) is 12.8 Å². The monoisotopic (exact) mass is 353 g/mol. The second-order valence-electron chi connectivity index (χ2n) is 2.82. The third kappa shape index (κ3) is 2.59. The van der Waals surface area contributed by atoms with Crippen LogP contribution in [0.5, 0.6) is 0 Å². The molecule has 0 saturated heterocycles. The molecule has 1 rings (SSSR count). The summed E-state index contributed by atoms with van der Waals surface area (Å²) >= 11 is 1.30. The topological polar surface area (TPSA) is 33.1 Å². The summed E-state index contributed by atoms with van der Waals surface area (Å²) < 4.78 is 62.3. The van der Waals surface area contributed by atoms with Crippen LogP contribution in [0.15, 0.2) is 6.20 Å². The second-order valence-corrected chi connectivity index (χ2v) is 3.84. The van der Waals surface area contributed by atoms with Crippen molar-refractivity contribution in [1.82, 2.24) is 4.98 Å². The Labute approximate surface area is 101 Å². The number of halogens is 6. The van der Waals surface area contributed by atoms with E-state index in [0.29, 0.717) is 0 Å². The summed E-state index contributed by atoms with van der Waals surface area (Å²) in [5.41, 5.74) is -3.33. The van der Waals surface area contributed by atoms with E-state index in [1.54, 1.807) is 0 Å². The average Bonchev–Trinajstić information content (AvgIpc) is 2.15. The third-order valence-corrected chi connectivity index (χ3v) is 2.68. The molecule has 0 radical (unpaired) electrons. The van der Waals surface area contributed by atoms with Gasteiger partial charge in [0.25, 0.3) is 6.43 Å². The lowest BCUT2D eigenvalue weighted by molar-refractivity contribution is -0.140. The first kappa shape index (κ1) is 13.6. The van der Waals surface area contributed by atoms with Gasteiger partial charge in [-0.25, -0.2) is 13.8 Å².